The summed E-state index contributed by atoms with van der Waals surface area (Å²) in [5.74, 6) is 1.83. The maximum Gasteiger partial charge on any atom is 0.155 e. The van der Waals surface area contributed by atoms with Gasteiger partial charge in [0, 0.05) is 12.5 Å². The van der Waals surface area contributed by atoms with E-state index < -0.39 is 0 Å². The summed E-state index contributed by atoms with van der Waals surface area (Å²) in [6.45, 7) is 0. The fraction of sp³-hybridized carbons (Fsp3) is 0.471. The molecule has 0 saturated heterocycles. The molecule has 0 saturated carbocycles. The lowest BCUT2D eigenvalue weighted by molar-refractivity contribution is -0.114. The molecule has 1 aromatic rings. The lowest BCUT2D eigenvalue weighted by atomic mass is 9.89. The molecule has 1 aliphatic rings. The topological polar surface area (TPSA) is 46.5 Å². The lowest BCUT2D eigenvalue weighted by Gasteiger charge is -2.17. The number of ether oxygens (including phenoxy) is 1. The Balaban J connectivity index is 1.91. The van der Waals surface area contributed by atoms with Crippen molar-refractivity contribution in [2.75, 3.05) is 7.11 Å². The number of benzene rings is 1. The van der Waals surface area contributed by atoms with E-state index in [-0.39, 0.29) is 5.78 Å². The minimum absolute atomic E-state index is 0.247. The van der Waals surface area contributed by atoms with Crippen molar-refractivity contribution in [3.63, 3.8) is 0 Å². The molecule has 1 aromatic carbocycles. The van der Waals surface area contributed by atoms with Crippen molar-refractivity contribution < 1.29 is 14.6 Å². The molecule has 20 heavy (non-hydrogen) atoms. The highest BCUT2D eigenvalue weighted by Gasteiger charge is 2.12. The Morgan fingerprint density at radius 1 is 1.40 bits per heavy atom. The van der Waals surface area contributed by atoms with Crippen molar-refractivity contribution in [2.24, 2.45) is 5.92 Å². The quantitative estimate of drug-likeness (QED) is 0.911. The summed E-state index contributed by atoms with van der Waals surface area (Å²) >= 11 is 0. The van der Waals surface area contributed by atoms with Gasteiger partial charge < -0.3 is 9.84 Å². The van der Waals surface area contributed by atoms with Gasteiger partial charge in [-0.25, -0.2) is 0 Å². The van der Waals surface area contributed by atoms with Crippen LogP contribution in [0.5, 0.6) is 11.5 Å². The Labute approximate surface area is 120 Å². The van der Waals surface area contributed by atoms with Crippen molar-refractivity contribution in [2.45, 2.75) is 38.5 Å². The number of allylic oxidation sites excluding steroid dienone is 2. The van der Waals surface area contributed by atoms with Gasteiger partial charge >= 0.3 is 0 Å². The average Bonchev–Trinajstić information content (AvgIpc) is 2.42. The number of phenolic OH excluding ortho intramolecular Hbond substituents is 1. The van der Waals surface area contributed by atoms with Crippen LogP contribution in [0.1, 0.15) is 37.7 Å². The largest absolute Gasteiger partial charge is 0.508 e. The predicted octanol–water partition coefficient (Wildman–Crippen LogP) is 3.65. The van der Waals surface area contributed by atoms with Crippen LogP contribution in [0.3, 0.4) is 0 Å². The number of phenols is 1. The smallest absolute Gasteiger partial charge is 0.155 e. The molecule has 0 fully saturated rings. The average molecular weight is 274 g/mol. The summed E-state index contributed by atoms with van der Waals surface area (Å²) in [4.78, 5) is 11.3. The first kappa shape index (κ1) is 14.6. The standard InChI is InChI=1S/C17H22O3/c1-20-16-11-10-14(17(19)12-16)9-8-13-4-2-6-15(18)7-3-5-13/h2,6,10-13,19H,3-5,7-9H2,1H3/b6-2-. The zero-order chi connectivity index (χ0) is 14.4. The zero-order valence-electron chi connectivity index (χ0n) is 12.0. The van der Waals surface area contributed by atoms with Crippen LogP contribution < -0.4 is 4.74 Å². The molecule has 1 aliphatic carbocycles. The van der Waals surface area contributed by atoms with Gasteiger partial charge in [-0.05, 0) is 55.7 Å². The van der Waals surface area contributed by atoms with Gasteiger partial charge in [0.1, 0.15) is 11.5 Å². The third-order valence-electron chi connectivity index (χ3n) is 3.92. The molecular weight excluding hydrogens is 252 g/mol. The minimum atomic E-state index is 0.247. The molecule has 0 heterocycles. The fourth-order valence-electron chi connectivity index (χ4n) is 2.66. The lowest BCUT2D eigenvalue weighted by Crippen LogP contribution is -2.06. The molecule has 3 heteroatoms. The van der Waals surface area contributed by atoms with Gasteiger partial charge in [0.25, 0.3) is 0 Å². The summed E-state index contributed by atoms with van der Waals surface area (Å²) in [7, 11) is 1.59. The molecule has 0 aromatic heterocycles. The Hall–Kier alpha value is -1.77. The highest BCUT2D eigenvalue weighted by molar-refractivity contribution is 5.89. The van der Waals surface area contributed by atoms with E-state index in [1.54, 1.807) is 19.3 Å². The Morgan fingerprint density at radius 3 is 3.00 bits per heavy atom. The van der Waals surface area contributed by atoms with Crippen molar-refractivity contribution in [3.05, 3.63) is 35.9 Å². The summed E-state index contributed by atoms with van der Waals surface area (Å²) in [6, 6.07) is 5.47. The van der Waals surface area contributed by atoms with Gasteiger partial charge in [0.15, 0.2) is 5.78 Å². The van der Waals surface area contributed by atoms with E-state index in [4.69, 9.17) is 4.74 Å². The maximum absolute atomic E-state index is 11.3. The maximum atomic E-state index is 11.3. The van der Waals surface area contributed by atoms with Crippen LogP contribution in [0.15, 0.2) is 30.4 Å². The third-order valence-corrected chi connectivity index (χ3v) is 3.92. The summed E-state index contributed by atoms with van der Waals surface area (Å²) in [5, 5.41) is 9.95. The molecule has 2 rings (SSSR count). The van der Waals surface area contributed by atoms with Crippen LogP contribution in [0.25, 0.3) is 0 Å². The molecular formula is C17H22O3. The van der Waals surface area contributed by atoms with E-state index in [2.05, 4.69) is 0 Å². The number of ketones is 1. The number of aromatic hydroxyl groups is 1. The second kappa shape index (κ2) is 7.13. The summed E-state index contributed by atoms with van der Waals surface area (Å²) in [6.07, 6.45) is 9.32. The van der Waals surface area contributed by atoms with Gasteiger partial charge in [-0.1, -0.05) is 12.1 Å². The van der Waals surface area contributed by atoms with Crippen molar-refractivity contribution in [1.29, 1.82) is 0 Å². The Kier molecular flexibility index (Phi) is 5.22. The third kappa shape index (κ3) is 4.12. The van der Waals surface area contributed by atoms with Gasteiger partial charge in [0.05, 0.1) is 7.11 Å². The van der Waals surface area contributed by atoms with Gasteiger partial charge in [-0.2, -0.15) is 0 Å². The highest BCUT2D eigenvalue weighted by atomic mass is 16.5. The molecule has 108 valence electrons. The number of rotatable bonds is 4. The van der Waals surface area contributed by atoms with E-state index in [1.807, 2.05) is 18.2 Å². The SMILES string of the molecule is COc1ccc(CCC2C/C=C\C(=O)CCC2)c(O)c1. The van der Waals surface area contributed by atoms with E-state index >= 15 is 0 Å². The first-order chi connectivity index (χ1) is 9.69. The summed E-state index contributed by atoms with van der Waals surface area (Å²) in [5.41, 5.74) is 0.966. The molecule has 0 bridgehead atoms. The molecule has 1 unspecified atom stereocenters. The molecule has 3 nitrogen and oxygen atoms in total. The molecule has 0 aliphatic heterocycles. The summed E-state index contributed by atoms with van der Waals surface area (Å²) < 4.78 is 5.08. The van der Waals surface area contributed by atoms with Gasteiger partial charge in [-0.15, -0.1) is 0 Å². The molecule has 0 spiro atoms. The monoisotopic (exact) mass is 274 g/mol. The van der Waals surface area contributed by atoms with Crippen LogP contribution in [0.4, 0.5) is 0 Å². The van der Waals surface area contributed by atoms with Gasteiger partial charge in [0.2, 0.25) is 0 Å². The van der Waals surface area contributed by atoms with E-state index in [1.165, 1.54) is 0 Å². The van der Waals surface area contributed by atoms with Gasteiger partial charge in [-0.3, -0.25) is 4.79 Å². The number of carbonyl (C=O) groups excluding carboxylic acids is 1. The van der Waals surface area contributed by atoms with E-state index in [9.17, 15) is 9.90 Å². The first-order valence-corrected chi connectivity index (χ1v) is 7.24. The Bertz CT molecular complexity index is 491. The highest BCUT2D eigenvalue weighted by Crippen LogP contribution is 2.28. The normalized spacial score (nSPS) is 21.1. The fourth-order valence-corrected chi connectivity index (χ4v) is 2.66. The second-order valence-corrected chi connectivity index (χ2v) is 5.40. The van der Waals surface area contributed by atoms with E-state index in [0.29, 0.717) is 23.8 Å². The first-order valence-electron chi connectivity index (χ1n) is 7.24. The van der Waals surface area contributed by atoms with E-state index in [0.717, 1.165) is 37.7 Å². The van der Waals surface area contributed by atoms with Crippen LogP contribution in [-0.4, -0.2) is 18.0 Å². The molecule has 0 amide bonds. The zero-order valence-corrected chi connectivity index (χ0v) is 12.0. The van der Waals surface area contributed by atoms with Crippen LogP contribution in [0.2, 0.25) is 0 Å². The van der Waals surface area contributed by atoms with Crippen LogP contribution in [-0.2, 0) is 11.2 Å². The van der Waals surface area contributed by atoms with Crippen molar-refractivity contribution in [1.82, 2.24) is 0 Å². The second-order valence-electron chi connectivity index (χ2n) is 5.40. The number of hydrogen-bond donors (Lipinski definition) is 1. The molecule has 1 atom stereocenters. The minimum Gasteiger partial charge on any atom is -0.508 e. The number of methoxy groups -OCH3 is 1. The van der Waals surface area contributed by atoms with Crippen molar-refractivity contribution >= 4 is 5.78 Å². The molecule has 1 N–H and O–H groups in total. The Morgan fingerprint density at radius 2 is 2.25 bits per heavy atom. The van der Waals surface area contributed by atoms with Crippen molar-refractivity contribution in [3.8, 4) is 11.5 Å². The van der Waals surface area contributed by atoms with Crippen LogP contribution >= 0.6 is 0 Å². The number of carbonyl (C=O) groups is 1. The molecule has 0 radical (unpaired) electrons. The predicted molar refractivity (Wildman–Crippen MR) is 79.1 cm³/mol. The number of hydrogen-bond acceptors (Lipinski definition) is 3. The van der Waals surface area contributed by atoms with Crippen LogP contribution in [0, 0.1) is 5.92 Å². The number of aryl methyl sites for hydroxylation is 1.